The number of rotatable bonds is 7. The van der Waals surface area contributed by atoms with E-state index in [4.69, 9.17) is 18.9 Å². The van der Waals surface area contributed by atoms with Gasteiger partial charge in [0.2, 0.25) is 0 Å². The van der Waals surface area contributed by atoms with Crippen molar-refractivity contribution in [3.05, 3.63) is 23.8 Å². The maximum absolute atomic E-state index is 11.6. The van der Waals surface area contributed by atoms with E-state index in [9.17, 15) is 4.79 Å². The Morgan fingerprint density at radius 1 is 1.06 bits per heavy atom. The van der Waals surface area contributed by atoms with Gasteiger partial charge in [-0.15, -0.1) is 0 Å². The first kappa shape index (κ1) is 13.5. The fraction of sp³-hybridized carbons (Fsp3) is 0.417. The van der Waals surface area contributed by atoms with Gasteiger partial charge in [-0.1, -0.05) is 6.07 Å². The highest BCUT2D eigenvalue weighted by atomic mass is 16.7. The highest BCUT2D eigenvalue weighted by molar-refractivity contribution is 5.99. The second-order valence-electron chi connectivity index (χ2n) is 3.29. The van der Waals surface area contributed by atoms with Crippen LogP contribution in [0.4, 0.5) is 0 Å². The maximum Gasteiger partial charge on any atom is 0.188 e. The van der Waals surface area contributed by atoms with Gasteiger partial charge in [-0.2, -0.15) is 0 Å². The zero-order valence-electron chi connectivity index (χ0n) is 10.2. The largest absolute Gasteiger partial charge is 0.467 e. The molecule has 0 radical (unpaired) electrons. The van der Waals surface area contributed by atoms with Crippen LogP contribution in [-0.2, 0) is 9.47 Å². The van der Waals surface area contributed by atoms with Gasteiger partial charge in [-0.25, -0.2) is 0 Å². The zero-order valence-corrected chi connectivity index (χ0v) is 10.2. The van der Waals surface area contributed by atoms with E-state index in [-0.39, 0.29) is 19.4 Å². The summed E-state index contributed by atoms with van der Waals surface area (Å²) in [5.74, 6) is 0.740. The number of ether oxygens (including phenoxy) is 4. The fourth-order valence-corrected chi connectivity index (χ4v) is 1.34. The van der Waals surface area contributed by atoms with Crippen LogP contribution in [0.15, 0.2) is 18.2 Å². The highest BCUT2D eigenvalue weighted by Crippen LogP contribution is 2.29. The van der Waals surface area contributed by atoms with Gasteiger partial charge in [-0.05, 0) is 19.1 Å². The number of hydrogen-bond acceptors (Lipinski definition) is 5. The van der Waals surface area contributed by atoms with E-state index < -0.39 is 0 Å². The van der Waals surface area contributed by atoms with Crippen molar-refractivity contribution in [3.8, 4) is 11.5 Å². The summed E-state index contributed by atoms with van der Waals surface area (Å²) in [6.45, 7) is 1.61. The second-order valence-corrected chi connectivity index (χ2v) is 3.29. The average molecular weight is 240 g/mol. The molecular formula is C12H16O5. The Balaban J connectivity index is 2.99. The van der Waals surface area contributed by atoms with Gasteiger partial charge in [-0.3, -0.25) is 4.79 Å². The Bertz CT molecular complexity index is 349. The van der Waals surface area contributed by atoms with Gasteiger partial charge in [0, 0.05) is 14.2 Å². The molecule has 0 atom stereocenters. The van der Waals surface area contributed by atoms with Crippen molar-refractivity contribution in [2.24, 2.45) is 0 Å². The molecule has 0 spiro atoms. The van der Waals surface area contributed by atoms with Gasteiger partial charge < -0.3 is 18.9 Å². The van der Waals surface area contributed by atoms with Crippen LogP contribution >= 0.6 is 0 Å². The van der Waals surface area contributed by atoms with Crippen molar-refractivity contribution in [1.29, 1.82) is 0 Å². The quantitative estimate of drug-likeness (QED) is 0.538. The van der Waals surface area contributed by atoms with Crippen molar-refractivity contribution in [2.45, 2.75) is 6.92 Å². The maximum atomic E-state index is 11.6. The van der Waals surface area contributed by atoms with Crippen molar-refractivity contribution in [1.82, 2.24) is 0 Å². The number of methoxy groups -OCH3 is 2. The molecule has 0 aromatic heterocycles. The average Bonchev–Trinajstić information content (AvgIpc) is 2.33. The number of carbonyl (C=O) groups excluding carboxylic acids is 1. The minimum absolute atomic E-state index is 0.0774. The molecule has 5 nitrogen and oxygen atoms in total. The second kappa shape index (κ2) is 6.88. The topological polar surface area (TPSA) is 54.0 Å². The number of ketones is 1. The lowest BCUT2D eigenvalue weighted by molar-refractivity contribution is 0.0445. The summed E-state index contributed by atoms with van der Waals surface area (Å²) in [5.41, 5.74) is 0.390. The van der Waals surface area contributed by atoms with Crippen LogP contribution in [0.25, 0.3) is 0 Å². The van der Waals surface area contributed by atoms with Crippen molar-refractivity contribution < 1.29 is 23.7 Å². The minimum atomic E-state index is -0.136. The van der Waals surface area contributed by atoms with Crippen LogP contribution in [0, 0.1) is 0 Å². The Hall–Kier alpha value is -1.59. The molecule has 0 unspecified atom stereocenters. The smallest absolute Gasteiger partial charge is 0.188 e. The molecule has 0 aliphatic rings. The summed E-state index contributed by atoms with van der Waals surface area (Å²) in [4.78, 5) is 11.6. The van der Waals surface area contributed by atoms with Crippen molar-refractivity contribution in [3.63, 3.8) is 0 Å². The van der Waals surface area contributed by atoms with Crippen LogP contribution in [0.5, 0.6) is 11.5 Å². The lowest BCUT2D eigenvalue weighted by atomic mass is 10.1. The molecule has 1 rings (SSSR count). The van der Waals surface area contributed by atoms with E-state index in [1.54, 1.807) is 18.2 Å². The van der Waals surface area contributed by atoms with Crippen LogP contribution in [-0.4, -0.2) is 33.6 Å². The van der Waals surface area contributed by atoms with E-state index >= 15 is 0 Å². The molecule has 94 valence electrons. The summed E-state index contributed by atoms with van der Waals surface area (Å²) in [7, 11) is 3.03. The standard InChI is InChI=1S/C12H16O5/c1-9(13)12-10(16-7-14-2)5-4-6-11(12)17-8-15-3/h4-6H,7-8H2,1-3H3. The molecule has 17 heavy (non-hydrogen) atoms. The van der Waals surface area contributed by atoms with Crippen LogP contribution < -0.4 is 9.47 Å². The Labute approximate surface area is 100 Å². The first-order valence-electron chi connectivity index (χ1n) is 5.08. The van der Waals surface area contributed by atoms with Gasteiger partial charge >= 0.3 is 0 Å². The van der Waals surface area contributed by atoms with Crippen LogP contribution in [0.3, 0.4) is 0 Å². The predicted octanol–water partition coefficient (Wildman–Crippen LogP) is 1.85. The first-order chi connectivity index (χ1) is 8.20. The van der Waals surface area contributed by atoms with E-state index in [1.165, 1.54) is 21.1 Å². The van der Waals surface area contributed by atoms with Gasteiger partial charge in [0.15, 0.2) is 19.4 Å². The van der Waals surface area contributed by atoms with E-state index in [0.717, 1.165) is 0 Å². The summed E-state index contributed by atoms with van der Waals surface area (Å²) in [6, 6.07) is 5.12. The molecule has 0 saturated carbocycles. The Morgan fingerprint density at radius 3 is 1.88 bits per heavy atom. The van der Waals surface area contributed by atoms with E-state index in [1.807, 2.05) is 0 Å². The molecule has 0 aliphatic carbocycles. The third-order valence-electron chi connectivity index (χ3n) is 2.00. The zero-order chi connectivity index (χ0) is 12.7. The number of benzene rings is 1. The monoisotopic (exact) mass is 240 g/mol. The third kappa shape index (κ3) is 3.72. The molecular weight excluding hydrogens is 224 g/mol. The SMILES string of the molecule is COCOc1cccc(OCOC)c1C(C)=O. The van der Waals surface area contributed by atoms with Crippen LogP contribution in [0.2, 0.25) is 0 Å². The van der Waals surface area contributed by atoms with E-state index in [0.29, 0.717) is 17.1 Å². The number of carbonyl (C=O) groups is 1. The van der Waals surface area contributed by atoms with Crippen LogP contribution in [0.1, 0.15) is 17.3 Å². The molecule has 0 aliphatic heterocycles. The van der Waals surface area contributed by atoms with Gasteiger partial charge in [0.1, 0.15) is 17.1 Å². The first-order valence-corrected chi connectivity index (χ1v) is 5.08. The predicted molar refractivity (Wildman–Crippen MR) is 61.5 cm³/mol. The lowest BCUT2D eigenvalue weighted by Gasteiger charge is -2.13. The van der Waals surface area contributed by atoms with E-state index in [2.05, 4.69) is 0 Å². The molecule has 0 fully saturated rings. The molecule has 1 aromatic rings. The summed E-state index contributed by atoms with van der Waals surface area (Å²) in [5, 5.41) is 0. The molecule has 0 saturated heterocycles. The summed E-state index contributed by atoms with van der Waals surface area (Å²) < 4.78 is 20.2. The molecule has 1 aromatic carbocycles. The summed E-state index contributed by atoms with van der Waals surface area (Å²) >= 11 is 0. The number of hydrogen-bond donors (Lipinski definition) is 0. The number of Topliss-reactive ketones (excluding diaryl/α,β-unsaturated/α-hetero) is 1. The fourth-order valence-electron chi connectivity index (χ4n) is 1.34. The molecule has 0 heterocycles. The Kier molecular flexibility index (Phi) is 5.45. The molecule has 0 bridgehead atoms. The van der Waals surface area contributed by atoms with Crippen molar-refractivity contribution >= 4 is 5.78 Å². The lowest BCUT2D eigenvalue weighted by Crippen LogP contribution is -2.08. The van der Waals surface area contributed by atoms with Gasteiger partial charge in [0.25, 0.3) is 0 Å². The van der Waals surface area contributed by atoms with Crippen molar-refractivity contribution in [2.75, 3.05) is 27.8 Å². The Morgan fingerprint density at radius 2 is 1.53 bits per heavy atom. The normalized spacial score (nSPS) is 10.1. The molecule has 0 N–H and O–H groups in total. The summed E-state index contributed by atoms with van der Waals surface area (Å²) in [6.07, 6.45) is 0. The highest BCUT2D eigenvalue weighted by Gasteiger charge is 2.15. The molecule has 0 amide bonds. The third-order valence-corrected chi connectivity index (χ3v) is 2.00. The molecule has 5 heteroatoms. The minimum Gasteiger partial charge on any atom is -0.467 e. The van der Waals surface area contributed by atoms with Gasteiger partial charge in [0.05, 0.1) is 0 Å².